The fraction of sp³-hybridized carbons (Fsp3) is 0.200. The maximum absolute atomic E-state index is 10.5. The van der Waals surface area contributed by atoms with Crippen molar-refractivity contribution < 1.29 is 19.4 Å². The lowest BCUT2D eigenvalue weighted by Crippen LogP contribution is -2.01. The fourth-order valence-electron chi connectivity index (χ4n) is 1.14. The molecule has 0 aliphatic heterocycles. The molecule has 0 saturated heterocycles. The maximum Gasteiger partial charge on any atom is 0.307 e. The zero-order valence-corrected chi connectivity index (χ0v) is 7.69. The van der Waals surface area contributed by atoms with Crippen LogP contribution in [-0.2, 0) is 11.2 Å². The van der Waals surface area contributed by atoms with Gasteiger partial charge in [-0.25, -0.2) is 0 Å². The molecule has 0 radical (unpaired) electrons. The van der Waals surface area contributed by atoms with Crippen molar-refractivity contribution in [2.45, 2.75) is 6.42 Å². The van der Waals surface area contributed by atoms with Gasteiger partial charge in [0, 0.05) is 0 Å². The molecule has 1 N–H and O–H groups in total. The van der Waals surface area contributed by atoms with Crippen LogP contribution in [0.3, 0.4) is 0 Å². The van der Waals surface area contributed by atoms with Crippen molar-refractivity contribution in [2.75, 3.05) is 7.11 Å². The third kappa shape index (κ3) is 2.32. The van der Waals surface area contributed by atoms with E-state index in [4.69, 9.17) is 9.84 Å². The van der Waals surface area contributed by atoms with Gasteiger partial charge in [0.1, 0.15) is 5.75 Å². The molecule has 1 rings (SSSR count). The molecular weight excluding hydrogens is 184 g/mol. The summed E-state index contributed by atoms with van der Waals surface area (Å²) in [7, 11) is 1.44. The molecule has 0 aliphatic rings. The number of carbonyl (C=O) groups is 2. The summed E-state index contributed by atoms with van der Waals surface area (Å²) in [5.74, 6) is -0.510. The Hall–Kier alpha value is -1.84. The van der Waals surface area contributed by atoms with Gasteiger partial charge < -0.3 is 9.84 Å². The van der Waals surface area contributed by atoms with E-state index in [1.54, 1.807) is 18.2 Å². The smallest absolute Gasteiger partial charge is 0.307 e. The molecule has 0 aromatic heterocycles. The molecule has 0 amide bonds. The predicted octanol–water partition coefficient (Wildman–Crippen LogP) is 1.13. The van der Waals surface area contributed by atoms with E-state index in [1.807, 2.05) is 0 Å². The van der Waals surface area contributed by atoms with Crippen molar-refractivity contribution in [1.29, 1.82) is 0 Å². The number of ether oxygens (including phenoxy) is 1. The molecule has 0 atom stereocenters. The second-order valence-corrected chi connectivity index (χ2v) is 2.76. The minimum Gasteiger partial charge on any atom is -0.496 e. The van der Waals surface area contributed by atoms with Crippen LogP contribution < -0.4 is 4.74 Å². The number of carboxylic acid groups (broad SMARTS) is 1. The van der Waals surface area contributed by atoms with Gasteiger partial charge in [-0.05, 0) is 17.7 Å². The Bertz CT molecular complexity index is 357. The molecule has 1 aromatic rings. The lowest BCUT2D eigenvalue weighted by atomic mass is 10.1. The van der Waals surface area contributed by atoms with Gasteiger partial charge in [0.05, 0.1) is 19.1 Å². The van der Waals surface area contributed by atoms with Gasteiger partial charge in [-0.15, -0.1) is 0 Å². The number of hydrogen-bond donors (Lipinski definition) is 1. The van der Waals surface area contributed by atoms with Crippen molar-refractivity contribution in [3.05, 3.63) is 29.3 Å². The van der Waals surface area contributed by atoms with E-state index >= 15 is 0 Å². The topological polar surface area (TPSA) is 63.6 Å². The Balaban J connectivity index is 3.01. The van der Waals surface area contributed by atoms with Gasteiger partial charge in [-0.3, -0.25) is 9.59 Å². The first-order valence-electron chi connectivity index (χ1n) is 4.01. The van der Waals surface area contributed by atoms with E-state index in [-0.39, 0.29) is 6.42 Å². The van der Waals surface area contributed by atoms with Gasteiger partial charge in [-0.2, -0.15) is 0 Å². The van der Waals surface area contributed by atoms with Gasteiger partial charge in [-0.1, -0.05) is 6.07 Å². The quantitative estimate of drug-likeness (QED) is 0.730. The molecule has 0 unspecified atom stereocenters. The first kappa shape index (κ1) is 10.2. The number of carbonyl (C=O) groups excluding carboxylic acids is 1. The molecule has 0 saturated carbocycles. The molecule has 4 nitrogen and oxygen atoms in total. The molecule has 0 fully saturated rings. The van der Waals surface area contributed by atoms with Crippen LogP contribution in [0.5, 0.6) is 5.75 Å². The number of aldehydes is 1. The Morgan fingerprint density at radius 2 is 2.29 bits per heavy atom. The Kier molecular flexibility index (Phi) is 3.23. The van der Waals surface area contributed by atoms with Crippen molar-refractivity contribution >= 4 is 12.3 Å². The SMILES string of the molecule is COc1cc(CC(=O)O)ccc1C=O. The van der Waals surface area contributed by atoms with Crippen LogP contribution >= 0.6 is 0 Å². The Morgan fingerprint density at radius 3 is 2.79 bits per heavy atom. The molecule has 1 aromatic carbocycles. The monoisotopic (exact) mass is 194 g/mol. The van der Waals surface area contributed by atoms with Crippen LogP contribution in [0.15, 0.2) is 18.2 Å². The average Bonchev–Trinajstić information content (AvgIpc) is 2.16. The summed E-state index contributed by atoms with van der Waals surface area (Å²) < 4.78 is 4.93. The van der Waals surface area contributed by atoms with Crippen LogP contribution in [0, 0.1) is 0 Å². The van der Waals surface area contributed by atoms with Crippen LogP contribution in [0.2, 0.25) is 0 Å². The van der Waals surface area contributed by atoms with Gasteiger partial charge in [0.15, 0.2) is 6.29 Å². The minimum atomic E-state index is -0.911. The number of benzene rings is 1. The van der Waals surface area contributed by atoms with E-state index in [1.165, 1.54) is 7.11 Å². The second-order valence-electron chi connectivity index (χ2n) is 2.76. The highest BCUT2D eigenvalue weighted by Gasteiger charge is 2.05. The summed E-state index contributed by atoms with van der Waals surface area (Å²) in [6, 6.07) is 4.70. The summed E-state index contributed by atoms with van der Waals surface area (Å²) >= 11 is 0. The molecule has 74 valence electrons. The first-order chi connectivity index (χ1) is 6.67. The summed E-state index contributed by atoms with van der Waals surface area (Å²) in [4.78, 5) is 20.9. The number of methoxy groups -OCH3 is 1. The third-order valence-corrected chi connectivity index (χ3v) is 1.78. The fourth-order valence-corrected chi connectivity index (χ4v) is 1.14. The van der Waals surface area contributed by atoms with Crippen molar-refractivity contribution in [3.8, 4) is 5.75 Å². The highest BCUT2D eigenvalue weighted by molar-refractivity contribution is 5.80. The largest absolute Gasteiger partial charge is 0.496 e. The third-order valence-electron chi connectivity index (χ3n) is 1.78. The number of hydrogen-bond acceptors (Lipinski definition) is 3. The summed E-state index contributed by atoms with van der Waals surface area (Å²) in [5, 5.41) is 8.55. The Labute approximate surface area is 81.1 Å². The molecule has 4 heteroatoms. The molecule has 0 spiro atoms. The highest BCUT2D eigenvalue weighted by Crippen LogP contribution is 2.18. The van der Waals surface area contributed by atoms with E-state index in [0.29, 0.717) is 23.2 Å². The highest BCUT2D eigenvalue weighted by atomic mass is 16.5. The summed E-state index contributed by atoms with van der Waals surface area (Å²) in [5.41, 5.74) is 1.03. The molecular formula is C10H10O4. The normalized spacial score (nSPS) is 9.50. The van der Waals surface area contributed by atoms with Crippen LogP contribution in [-0.4, -0.2) is 24.5 Å². The number of carboxylic acids is 1. The summed E-state index contributed by atoms with van der Waals surface area (Å²) in [6.45, 7) is 0. The lowest BCUT2D eigenvalue weighted by molar-refractivity contribution is -0.136. The molecule has 0 bridgehead atoms. The Morgan fingerprint density at radius 1 is 1.57 bits per heavy atom. The van der Waals surface area contributed by atoms with Crippen molar-refractivity contribution in [3.63, 3.8) is 0 Å². The van der Waals surface area contributed by atoms with Gasteiger partial charge in [0.2, 0.25) is 0 Å². The predicted molar refractivity (Wildman–Crippen MR) is 49.7 cm³/mol. The molecule has 14 heavy (non-hydrogen) atoms. The van der Waals surface area contributed by atoms with Crippen molar-refractivity contribution in [2.24, 2.45) is 0 Å². The van der Waals surface area contributed by atoms with E-state index in [2.05, 4.69) is 0 Å². The van der Waals surface area contributed by atoms with Gasteiger partial charge >= 0.3 is 5.97 Å². The zero-order chi connectivity index (χ0) is 10.6. The van der Waals surface area contributed by atoms with Gasteiger partial charge in [0.25, 0.3) is 0 Å². The van der Waals surface area contributed by atoms with Crippen molar-refractivity contribution in [1.82, 2.24) is 0 Å². The van der Waals surface area contributed by atoms with E-state index in [9.17, 15) is 9.59 Å². The first-order valence-corrected chi connectivity index (χ1v) is 4.01. The molecule has 0 aliphatic carbocycles. The zero-order valence-electron chi connectivity index (χ0n) is 7.69. The summed E-state index contributed by atoms with van der Waals surface area (Å²) in [6.07, 6.45) is 0.596. The maximum atomic E-state index is 10.5. The standard InChI is InChI=1S/C10H10O4/c1-14-9-4-7(5-10(12)13)2-3-8(9)6-11/h2-4,6H,5H2,1H3,(H,12,13). The minimum absolute atomic E-state index is 0.0739. The lowest BCUT2D eigenvalue weighted by Gasteiger charge is -2.04. The van der Waals surface area contributed by atoms with E-state index < -0.39 is 5.97 Å². The average molecular weight is 194 g/mol. The van der Waals surface area contributed by atoms with E-state index in [0.717, 1.165) is 0 Å². The van der Waals surface area contributed by atoms with Crippen LogP contribution in [0.1, 0.15) is 15.9 Å². The van der Waals surface area contributed by atoms with Crippen LogP contribution in [0.4, 0.5) is 0 Å². The van der Waals surface area contributed by atoms with Crippen LogP contribution in [0.25, 0.3) is 0 Å². The second kappa shape index (κ2) is 4.41. The number of rotatable bonds is 4. The molecule has 0 heterocycles. The number of aliphatic carboxylic acids is 1.